The van der Waals surface area contributed by atoms with Crippen molar-refractivity contribution in [2.75, 3.05) is 26.7 Å². The van der Waals surface area contributed by atoms with Crippen molar-refractivity contribution in [1.82, 2.24) is 9.80 Å². The van der Waals surface area contributed by atoms with Crippen molar-refractivity contribution in [3.63, 3.8) is 0 Å². The molecule has 21 heavy (non-hydrogen) atoms. The van der Waals surface area contributed by atoms with Crippen LogP contribution in [-0.4, -0.2) is 59.1 Å². The van der Waals surface area contributed by atoms with Crippen LogP contribution >= 0.6 is 0 Å². The Bertz CT molecular complexity index is 334. The Kier molecular flexibility index (Phi) is 6.06. The van der Waals surface area contributed by atoms with Gasteiger partial charge in [-0.1, -0.05) is 12.8 Å². The number of carbonyl (C=O) groups excluding carboxylic acids is 1. The Balaban J connectivity index is 1.64. The van der Waals surface area contributed by atoms with Crippen LogP contribution in [0, 0.1) is 0 Å². The smallest absolute Gasteiger partial charge is 0.222 e. The number of amides is 1. The van der Waals surface area contributed by atoms with E-state index in [0.717, 1.165) is 38.5 Å². The highest BCUT2D eigenvalue weighted by Crippen LogP contribution is 2.32. The van der Waals surface area contributed by atoms with Gasteiger partial charge in [0.05, 0.1) is 5.60 Å². The zero-order valence-corrected chi connectivity index (χ0v) is 13.8. The average Bonchev–Trinajstić information content (AvgIpc) is 3.13. The molecule has 1 amide bonds. The van der Waals surface area contributed by atoms with E-state index in [0.29, 0.717) is 19.0 Å². The van der Waals surface area contributed by atoms with Crippen LogP contribution in [0.3, 0.4) is 0 Å². The first-order valence-electron chi connectivity index (χ1n) is 8.71. The molecular weight excluding hydrogens is 264 g/mol. The summed E-state index contributed by atoms with van der Waals surface area (Å²) in [7, 11) is 1.88. The van der Waals surface area contributed by atoms with E-state index < -0.39 is 5.60 Å². The summed E-state index contributed by atoms with van der Waals surface area (Å²) in [5.41, 5.74) is -0.503. The van der Waals surface area contributed by atoms with Crippen molar-refractivity contribution in [3.05, 3.63) is 0 Å². The van der Waals surface area contributed by atoms with Gasteiger partial charge in [-0.25, -0.2) is 0 Å². The first-order valence-corrected chi connectivity index (χ1v) is 8.71. The van der Waals surface area contributed by atoms with Gasteiger partial charge in [0.1, 0.15) is 0 Å². The van der Waals surface area contributed by atoms with Crippen LogP contribution < -0.4 is 0 Å². The topological polar surface area (TPSA) is 43.8 Å². The fourth-order valence-corrected chi connectivity index (χ4v) is 3.67. The molecule has 1 aliphatic carbocycles. The number of rotatable bonds is 7. The molecule has 1 aliphatic heterocycles. The molecule has 1 heterocycles. The average molecular weight is 296 g/mol. The molecule has 1 atom stereocenters. The molecular formula is C17H32N2O2. The maximum atomic E-state index is 12.2. The van der Waals surface area contributed by atoms with Gasteiger partial charge in [0.2, 0.25) is 5.91 Å². The lowest BCUT2D eigenvalue weighted by Gasteiger charge is -2.27. The number of carbonyl (C=O) groups is 1. The second-order valence-electron chi connectivity index (χ2n) is 7.13. The Hall–Kier alpha value is -0.610. The second kappa shape index (κ2) is 7.59. The van der Waals surface area contributed by atoms with Crippen molar-refractivity contribution in [3.8, 4) is 0 Å². The number of likely N-dealkylation sites (tertiary alicyclic amines) is 1. The van der Waals surface area contributed by atoms with Gasteiger partial charge >= 0.3 is 0 Å². The van der Waals surface area contributed by atoms with Crippen LogP contribution in [0.1, 0.15) is 64.7 Å². The quantitative estimate of drug-likeness (QED) is 0.784. The van der Waals surface area contributed by atoms with Crippen LogP contribution in [0.25, 0.3) is 0 Å². The molecule has 0 aromatic carbocycles. The molecule has 1 saturated carbocycles. The maximum absolute atomic E-state index is 12.2. The third-order valence-corrected chi connectivity index (χ3v) is 5.41. The Morgan fingerprint density at radius 3 is 2.48 bits per heavy atom. The molecule has 0 aromatic heterocycles. The van der Waals surface area contributed by atoms with Crippen LogP contribution in [0.2, 0.25) is 0 Å². The van der Waals surface area contributed by atoms with E-state index in [4.69, 9.17) is 0 Å². The molecule has 1 N–H and O–H groups in total. The normalized spacial score (nSPS) is 23.4. The summed E-state index contributed by atoms with van der Waals surface area (Å²) >= 11 is 0. The lowest BCUT2D eigenvalue weighted by Crippen LogP contribution is -2.36. The molecule has 0 spiro atoms. The van der Waals surface area contributed by atoms with Gasteiger partial charge in [-0.2, -0.15) is 0 Å². The minimum absolute atomic E-state index is 0.225. The summed E-state index contributed by atoms with van der Waals surface area (Å²) in [5, 5.41) is 10.3. The largest absolute Gasteiger partial charge is 0.390 e. The fourth-order valence-electron chi connectivity index (χ4n) is 3.67. The summed E-state index contributed by atoms with van der Waals surface area (Å²) in [6.07, 6.45) is 8.98. The van der Waals surface area contributed by atoms with Gasteiger partial charge in [-0.05, 0) is 58.5 Å². The lowest BCUT2D eigenvalue weighted by molar-refractivity contribution is -0.130. The predicted molar refractivity (Wildman–Crippen MR) is 85.2 cm³/mol. The molecule has 0 radical (unpaired) electrons. The van der Waals surface area contributed by atoms with E-state index in [-0.39, 0.29) is 5.91 Å². The Morgan fingerprint density at radius 2 is 1.86 bits per heavy atom. The minimum atomic E-state index is -0.503. The highest BCUT2D eigenvalue weighted by molar-refractivity contribution is 5.75. The Labute approximate surface area is 129 Å². The maximum Gasteiger partial charge on any atom is 0.222 e. The molecule has 2 rings (SSSR count). The van der Waals surface area contributed by atoms with Crippen molar-refractivity contribution in [2.45, 2.75) is 76.4 Å². The highest BCUT2D eigenvalue weighted by Gasteiger charge is 2.31. The molecule has 2 aliphatic rings. The molecule has 2 fully saturated rings. The van der Waals surface area contributed by atoms with E-state index in [1.807, 2.05) is 11.9 Å². The summed E-state index contributed by atoms with van der Waals surface area (Å²) in [5.74, 6) is 0.225. The summed E-state index contributed by atoms with van der Waals surface area (Å²) < 4.78 is 0. The van der Waals surface area contributed by atoms with E-state index in [2.05, 4.69) is 11.8 Å². The third-order valence-electron chi connectivity index (χ3n) is 5.41. The molecule has 0 aromatic rings. The number of nitrogens with zero attached hydrogens (tertiary/aromatic N) is 2. The number of hydrogen-bond acceptors (Lipinski definition) is 3. The van der Waals surface area contributed by atoms with Crippen LogP contribution in [0.4, 0.5) is 0 Å². The van der Waals surface area contributed by atoms with Gasteiger partial charge in [-0.3, -0.25) is 4.79 Å². The SMILES string of the molecule is CC(CCC(=O)N(C)CCC1(O)CCCC1)N1CCCC1. The molecule has 1 saturated heterocycles. The minimum Gasteiger partial charge on any atom is -0.390 e. The first-order chi connectivity index (χ1) is 10.0. The predicted octanol–water partition coefficient (Wildman–Crippen LogP) is 2.40. The Morgan fingerprint density at radius 1 is 1.24 bits per heavy atom. The van der Waals surface area contributed by atoms with Gasteiger partial charge in [0.25, 0.3) is 0 Å². The van der Waals surface area contributed by atoms with Crippen molar-refractivity contribution in [1.29, 1.82) is 0 Å². The third kappa shape index (κ3) is 4.96. The number of hydrogen-bond donors (Lipinski definition) is 1. The molecule has 4 nitrogen and oxygen atoms in total. The van der Waals surface area contributed by atoms with Gasteiger partial charge < -0.3 is 14.9 Å². The van der Waals surface area contributed by atoms with Crippen molar-refractivity contribution >= 4 is 5.91 Å². The van der Waals surface area contributed by atoms with E-state index in [1.54, 1.807) is 0 Å². The summed E-state index contributed by atoms with van der Waals surface area (Å²) in [6, 6.07) is 0.517. The van der Waals surface area contributed by atoms with E-state index in [1.165, 1.54) is 25.9 Å². The zero-order valence-electron chi connectivity index (χ0n) is 13.8. The fraction of sp³-hybridized carbons (Fsp3) is 0.941. The summed E-state index contributed by atoms with van der Waals surface area (Å²) in [6.45, 7) is 5.31. The molecule has 1 unspecified atom stereocenters. The summed E-state index contributed by atoms with van der Waals surface area (Å²) in [4.78, 5) is 16.5. The van der Waals surface area contributed by atoms with Gasteiger partial charge in [-0.15, -0.1) is 0 Å². The molecule has 0 bridgehead atoms. The van der Waals surface area contributed by atoms with Crippen molar-refractivity contribution in [2.24, 2.45) is 0 Å². The first kappa shape index (κ1) is 16.8. The van der Waals surface area contributed by atoms with Gasteiger partial charge in [0, 0.05) is 26.1 Å². The molecule has 122 valence electrons. The standard InChI is InChI=1S/C17H32N2O2/c1-15(19-12-5-6-13-19)7-8-16(20)18(2)14-11-17(21)9-3-4-10-17/h15,21H,3-14H2,1-2H3. The van der Waals surface area contributed by atoms with Crippen LogP contribution in [0.15, 0.2) is 0 Å². The number of aliphatic hydroxyl groups is 1. The van der Waals surface area contributed by atoms with Gasteiger partial charge in [0.15, 0.2) is 0 Å². The zero-order chi connectivity index (χ0) is 15.3. The molecule has 4 heteroatoms. The monoisotopic (exact) mass is 296 g/mol. The highest BCUT2D eigenvalue weighted by atomic mass is 16.3. The van der Waals surface area contributed by atoms with Crippen LogP contribution in [-0.2, 0) is 4.79 Å². The van der Waals surface area contributed by atoms with E-state index >= 15 is 0 Å². The second-order valence-corrected chi connectivity index (χ2v) is 7.13. The van der Waals surface area contributed by atoms with E-state index in [9.17, 15) is 9.90 Å². The van der Waals surface area contributed by atoms with Crippen molar-refractivity contribution < 1.29 is 9.90 Å². The lowest BCUT2D eigenvalue weighted by atomic mass is 9.98. The van der Waals surface area contributed by atoms with Crippen LogP contribution in [0.5, 0.6) is 0 Å².